The maximum atomic E-state index is 3.77. The van der Waals surface area contributed by atoms with E-state index < -0.39 is 0 Å². The van der Waals surface area contributed by atoms with Gasteiger partial charge in [0.05, 0.1) is 62.3 Å². The van der Waals surface area contributed by atoms with Crippen LogP contribution in [0, 0.1) is 135 Å². The number of hydrogen-bond acceptors (Lipinski definition) is 3. The van der Waals surface area contributed by atoms with Gasteiger partial charge in [-0.25, -0.2) is 4.67 Å². The van der Waals surface area contributed by atoms with Crippen LogP contribution in [0.4, 0.5) is 0 Å². The van der Waals surface area contributed by atoms with Gasteiger partial charge in [-0.3, -0.25) is 19.0 Å². The van der Waals surface area contributed by atoms with Gasteiger partial charge in [-0.1, -0.05) is 19.2 Å². The van der Waals surface area contributed by atoms with E-state index in [4.69, 9.17) is 0 Å². The Bertz CT molecular complexity index is 855. The Morgan fingerprint density at radius 1 is 0.811 bits per heavy atom. The number of likely N-dealkylation sites (tertiary alicyclic amines) is 1. The number of nitrogens with zero attached hydrogens (tertiary/aromatic N) is 8. The minimum Gasteiger partial charge on any atom is -0.327 e. The molecule has 8 nitrogen and oxygen atoms in total. The molecule has 53 heavy (non-hydrogen) atoms. The molecule has 0 aromatic heterocycles. The van der Waals surface area contributed by atoms with Crippen molar-refractivity contribution in [2.24, 2.45) is 0 Å². The van der Waals surface area contributed by atoms with Crippen LogP contribution >= 0.6 is 26.7 Å². The summed E-state index contributed by atoms with van der Waals surface area (Å²) in [6.07, 6.45) is 12.2. The Morgan fingerprint density at radius 3 is 1.49 bits per heavy atom. The second kappa shape index (κ2) is 48.9. The minimum absolute atomic E-state index is 0. The van der Waals surface area contributed by atoms with Gasteiger partial charge in [0, 0.05) is 42.3 Å². The van der Waals surface area contributed by atoms with Crippen molar-refractivity contribution in [2.75, 3.05) is 126 Å². The molecule has 304 valence electrons. The molecule has 0 amide bonds. The van der Waals surface area contributed by atoms with E-state index in [1.54, 1.807) is 6.08 Å². The van der Waals surface area contributed by atoms with Gasteiger partial charge in [0.1, 0.15) is 13.1 Å². The molecular weight excluding hydrogens is 1390 g/mol. The molecule has 3 atom stereocenters. The zero-order chi connectivity index (χ0) is 38.7. The van der Waals surface area contributed by atoms with Crippen LogP contribution in [-0.2, 0) is 0 Å². The summed E-state index contributed by atoms with van der Waals surface area (Å²) in [5, 5.41) is 0. The van der Waals surface area contributed by atoms with Crippen LogP contribution in [0.2, 0.25) is 0 Å². The fourth-order valence-electron chi connectivity index (χ4n) is 5.25. The number of hydrogen-bond donors (Lipinski definition) is 0. The maximum Gasteiger partial charge on any atom is 2.00 e. The van der Waals surface area contributed by atoms with E-state index in [1.165, 1.54) is 103 Å². The predicted molar refractivity (Wildman–Crippen MR) is 241 cm³/mol. The number of amidine groups is 2. The van der Waals surface area contributed by atoms with Gasteiger partial charge in [-0.05, 0) is 80.9 Å². The normalized spacial score (nSPS) is 15.8. The van der Waals surface area contributed by atoms with Crippen molar-refractivity contribution in [1.29, 1.82) is 0 Å². The van der Waals surface area contributed by atoms with Crippen LogP contribution in [0.1, 0.15) is 59.3 Å². The first-order chi connectivity index (χ1) is 24.1. The van der Waals surface area contributed by atoms with Crippen molar-refractivity contribution in [3.05, 3.63) is 54.2 Å². The van der Waals surface area contributed by atoms with E-state index in [1.807, 2.05) is 38.6 Å². The van der Waals surface area contributed by atoms with Crippen molar-refractivity contribution < 1.29 is 107 Å². The topological polar surface area (TPSA) is 25.2 Å². The standard InChI is InChI=1S/C10H19N2.C9H17N2.C6H13N2.2C5H12NP.C3H6.CH5P.3U/c1-10(11-6-2-3-7-11)12-8-4-5-9-12;1-5-10(6-2)9-11(7-3)8-4;1-6-7(2)4-5-8(6)3;1-7-6-4-2-3-5-6;1-4-6(5-2)7-3;1-3-2;1-2;;;/h2-9H2,1H3;9H,1-8H2;4-5H2,1-3H3;7H,2-5H2,1H3;7H,1-2,4-5H2,3H3;3H,1H2,2H3;2H2,1H3;;;/q+1;-3;+1;;-2;;;3*+2/p+3. The molecule has 4 rings (SSSR count). The fraction of sp³-hybridized carbons (Fsp3) is 0.718. The van der Waals surface area contributed by atoms with E-state index in [2.05, 4.69) is 118 Å². The molecule has 4 aliphatic heterocycles. The van der Waals surface area contributed by atoms with Gasteiger partial charge in [0.15, 0.2) is 0 Å². The van der Waals surface area contributed by atoms with Gasteiger partial charge in [-0.15, -0.1) is 6.58 Å². The average molecular weight is 1480 g/mol. The third kappa shape index (κ3) is 36.1. The van der Waals surface area contributed by atoms with E-state index in [0.29, 0.717) is 17.5 Å². The predicted octanol–water partition coefficient (Wildman–Crippen LogP) is 5.33. The molecule has 14 heteroatoms. The Labute approximate surface area is 410 Å². The van der Waals surface area contributed by atoms with Gasteiger partial charge in [0.2, 0.25) is 18.0 Å². The molecule has 3 saturated heterocycles. The van der Waals surface area contributed by atoms with Crippen molar-refractivity contribution in [3.8, 4) is 0 Å². The summed E-state index contributed by atoms with van der Waals surface area (Å²) in [6.45, 7) is 53.8. The third-order valence-corrected chi connectivity index (χ3v) is 11.4. The SMILES string of the molecule is C=CC.CC(N1CCCC1)=[N+]1CCCC1.CC1=[N+](C)CCN1C.C[PH2+]N1CCCC1.C[PH3+].[CH2-]CN(C=[N+](C[CH2-])C[CH2-])C[CH2-].[CH2-]CN(C[CH2-])[PH2+]C.[U+2].[U+2].[U+2]. The van der Waals surface area contributed by atoms with Gasteiger partial charge in [0.25, 0.3) is 0 Å². The molecule has 0 aliphatic carbocycles. The average Bonchev–Trinajstić information content (AvgIpc) is 4.00. The minimum atomic E-state index is 0. The van der Waals surface area contributed by atoms with Crippen LogP contribution in [0.25, 0.3) is 0 Å². The monoisotopic (exact) mass is 1470 g/mol. The molecule has 0 saturated carbocycles. The number of rotatable bonds is 9. The first kappa shape index (κ1) is 67.3. The Morgan fingerprint density at radius 2 is 1.25 bits per heavy atom. The summed E-state index contributed by atoms with van der Waals surface area (Å²) in [7, 11) is 7.19. The van der Waals surface area contributed by atoms with Gasteiger partial charge >= 0.3 is 93.3 Å². The quantitative estimate of drug-likeness (QED) is 0.0778. The maximum absolute atomic E-state index is 3.77. The van der Waals surface area contributed by atoms with E-state index in [9.17, 15) is 0 Å². The summed E-state index contributed by atoms with van der Waals surface area (Å²) < 4.78 is 11.6. The van der Waals surface area contributed by atoms with Crippen molar-refractivity contribution in [2.45, 2.75) is 59.3 Å². The second-order valence-electron chi connectivity index (χ2n) is 12.2. The molecule has 0 radical (unpaired) electrons. The van der Waals surface area contributed by atoms with Crippen LogP contribution in [0.15, 0.2) is 12.7 Å². The van der Waals surface area contributed by atoms with Crippen molar-refractivity contribution >= 4 is 44.7 Å². The summed E-state index contributed by atoms with van der Waals surface area (Å²) in [6, 6.07) is 0. The van der Waals surface area contributed by atoms with Crippen LogP contribution in [-0.4, -0.2) is 181 Å². The molecule has 0 bridgehead atoms. The zero-order valence-corrected chi connectivity index (χ0v) is 52.4. The van der Waals surface area contributed by atoms with E-state index in [-0.39, 0.29) is 93.3 Å². The Kier molecular flexibility index (Phi) is 62.1. The Hall–Kier alpha value is 2.52. The Balaban J connectivity index is -0.000000126. The van der Waals surface area contributed by atoms with Gasteiger partial charge < -0.3 is 51.0 Å². The molecule has 4 heterocycles. The molecule has 3 unspecified atom stereocenters. The van der Waals surface area contributed by atoms with Crippen molar-refractivity contribution in [3.63, 3.8) is 0 Å². The van der Waals surface area contributed by atoms with Gasteiger partial charge in [-0.2, -0.15) is 4.67 Å². The third-order valence-electron chi connectivity index (χ3n) is 8.92. The number of allylic oxidation sites excluding steroid dienone is 1. The van der Waals surface area contributed by atoms with Crippen molar-refractivity contribution in [1.82, 2.24) is 24.0 Å². The summed E-state index contributed by atoms with van der Waals surface area (Å²) in [5.74, 6) is 2.91. The second-order valence-corrected chi connectivity index (χ2v) is 14.7. The molecule has 0 N–H and O–H groups in total. The number of likely N-dealkylation sites (N-methyl/N-ethyl adjacent to an activating group) is 2. The zero-order valence-electron chi connectivity index (χ0n) is 36.2. The van der Waals surface area contributed by atoms with Crippen LogP contribution < -0.4 is 0 Å². The van der Waals surface area contributed by atoms with Crippen LogP contribution in [0.5, 0.6) is 0 Å². The largest absolute Gasteiger partial charge is 2.00 e. The fourth-order valence-corrected chi connectivity index (χ4v) is 6.65. The summed E-state index contributed by atoms with van der Waals surface area (Å²) in [4.78, 5) is 6.82. The molecule has 3 fully saturated rings. The molecule has 0 aromatic rings. The first-order valence-corrected chi connectivity index (χ1v) is 23.9. The molecule has 0 aromatic carbocycles. The van der Waals surface area contributed by atoms with E-state index in [0.717, 1.165) is 39.3 Å². The molecular formula is C39H87N8P3U3+6. The molecule has 0 spiro atoms. The van der Waals surface area contributed by atoms with E-state index >= 15 is 0 Å². The smallest absolute Gasteiger partial charge is 0.327 e. The molecule has 4 aliphatic rings. The summed E-state index contributed by atoms with van der Waals surface area (Å²) >= 11 is 0. The first-order valence-electron chi connectivity index (χ1n) is 19.1. The summed E-state index contributed by atoms with van der Waals surface area (Å²) in [5.41, 5.74) is 0. The van der Waals surface area contributed by atoms with Crippen LogP contribution in [0.3, 0.4) is 0 Å².